The Labute approximate surface area is 121 Å². The molecule has 0 aliphatic carbocycles. The fourth-order valence-electron chi connectivity index (χ4n) is 2.34. The molecule has 1 fully saturated rings. The third-order valence-corrected chi connectivity index (χ3v) is 5.57. The zero-order valence-electron chi connectivity index (χ0n) is 11.2. The molecule has 1 saturated heterocycles. The van der Waals surface area contributed by atoms with Gasteiger partial charge in [-0.25, -0.2) is 8.42 Å². The summed E-state index contributed by atoms with van der Waals surface area (Å²) in [6.45, 7) is -0.459. The highest BCUT2D eigenvalue weighted by molar-refractivity contribution is 7.89. The Bertz CT molecular complexity index is 576. The van der Waals surface area contributed by atoms with E-state index in [9.17, 15) is 21.6 Å². The van der Waals surface area contributed by atoms with Crippen molar-refractivity contribution in [1.82, 2.24) is 4.31 Å². The monoisotopic (exact) mass is 323 g/mol. The Balaban J connectivity index is 2.11. The van der Waals surface area contributed by atoms with Crippen molar-refractivity contribution in [2.24, 2.45) is 5.92 Å². The van der Waals surface area contributed by atoms with Crippen LogP contribution < -0.4 is 0 Å². The number of hydrogen-bond acceptors (Lipinski definition) is 3. The van der Waals surface area contributed by atoms with Gasteiger partial charge < -0.3 is 5.11 Å². The van der Waals surface area contributed by atoms with Gasteiger partial charge in [-0.2, -0.15) is 17.5 Å². The van der Waals surface area contributed by atoms with Crippen molar-refractivity contribution in [3.05, 3.63) is 29.8 Å². The molecule has 0 spiro atoms. The minimum atomic E-state index is -4.27. The number of aliphatic hydroxyl groups excluding tert-OH is 1. The highest BCUT2D eigenvalue weighted by atomic mass is 32.2. The van der Waals surface area contributed by atoms with Crippen molar-refractivity contribution >= 4 is 10.0 Å². The van der Waals surface area contributed by atoms with Crippen LogP contribution in [-0.4, -0.2) is 37.1 Å². The van der Waals surface area contributed by atoms with Crippen LogP contribution in [0.1, 0.15) is 18.4 Å². The van der Waals surface area contributed by atoms with E-state index in [-0.39, 0.29) is 37.4 Å². The van der Waals surface area contributed by atoms with E-state index < -0.39 is 22.1 Å². The van der Waals surface area contributed by atoms with E-state index >= 15 is 0 Å². The third-order valence-electron chi connectivity index (χ3n) is 3.66. The highest BCUT2D eigenvalue weighted by Gasteiger charge is 2.42. The highest BCUT2D eigenvalue weighted by Crippen LogP contribution is 2.35. The predicted molar refractivity (Wildman–Crippen MR) is 69.9 cm³/mol. The molecule has 1 aromatic rings. The third kappa shape index (κ3) is 3.56. The molecule has 0 amide bonds. The minimum absolute atomic E-state index is 0.0326. The van der Waals surface area contributed by atoms with Crippen LogP contribution in [-0.2, 0) is 16.6 Å². The second-order valence-corrected chi connectivity index (χ2v) is 6.96. The molecule has 1 N–H and O–H groups in total. The number of piperidine rings is 1. The van der Waals surface area contributed by atoms with Gasteiger partial charge in [-0.1, -0.05) is 12.1 Å². The molecule has 1 heterocycles. The summed E-state index contributed by atoms with van der Waals surface area (Å²) >= 11 is 0. The molecule has 118 valence electrons. The topological polar surface area (TPSA) is 57.6 Å². The molecule has 21 heavy (non-hydrogen) atoms. The summed E-state index contributed by atoms with van der Waals surface area (Å²) in [5.74, 6) is -1.43. The zero-order chi connectivity index (χ0) is 15.7. The molecule has 0 saturated carbocycles. The minimum Gasteiger partial charge on any atom is -0.392 e. The molecular weight excluding hydrogens is 307 g/mol. The summed E-state index contributed by atoms with van der Waals surface area (Å²) in [5.41, 5.74) is 0.574. The first-order valence-corrected chi connectivity index (χ1v) is 7.96. The average molecular weight is 323 g/mol. The van der Waals surface area contributed by atoms with Gasteiger partial charge in [0.15, 0.2) is 0 Å². The molecule has 0 unspecified atom stereocenters. The largest absolute Gasteiger partial charge is 0.392 e. The fourth-order valence-corrected chi connectivity index (χ4v) is 3.81. The molecule has 4 nitrogen and oxygen atoms in total. The van der Waals surface area contributed by atoms with Crippen molar-refractivity contribution in [2.45, 2.75) is 30.5 Å². The summed E-state index contributed by atoms with van der Waals surface area (Å²) in [4.78, 5) is 0.0326. The fraction of sp³-hybridized carbons (Fsp3) is 0.538. The van der Waals surface area contributed by atoms with Crippen LogP contribution >= 0.6 is 0 Å². The van der Waals surface area contributed by atoms with E-state index in [0.717, 1.165) is 4.31 Å². The van der Waals surface area contributed by atoms with Gasteiger partial charge in [0.05, 0.1) is 17.4 Å². The standard InChI is InChI=1S/C13H16F3NO3S/c14-13(15,16)11-5-7-17(8-6-11)21(19,20)12-3-1-10(9-18)2-4-12/h1-4,11,18H,5-9H2. The van der Waals surface area contributed by atoms with Crippen LogP contribution in [0.15, 0.2) is 29.2 Å². The molecule has 2 rings (SSSR count). The maximum Gasteiger partial charge on any atom is 0.391 e. The molecular formula is C13H16F3NO3S. The van der Waals surface area contributed by atoms with Gasteiger partial charge in [0.25, 0.3) is 0 Å². The summed E-state index contributed by atoms with van der Waals surface area (Å²) in [6.07, 6.45) is -4.69. The molecule has 0 radical (unpaired) electrons. The number of halogens is 3. The summed E-state index contributed by atoms with van der Waals surface area (Å²) in [6, 6.07) is 5.68. The number of sulfonamides is 1. The lowest BCUT2D eigenvalue weighted by Crippen LogP contribution is -2.42. The van der Waals surface area contributed by atoms with E-state index in [2.05, 4.69) is 0 Å². The Kier molecular flexibility index (Phi) is 4.60. The lowest BCUT2D eigenvalue weighted by Gasteiger charge is -2.32. The molecule has 1 aliphatic heterocycles. The van der Waals surface area contributed by atoms with Gasteiger partial charge in [0.2, 0.25) is 10.0 Å². The Hall–Kier alpha value is -1.12. The summed E-state index contributed by atoms with van der Waals surface area (Å²) in [7, 11) is -3.77. The number of benzene rings is 1. The molecule has 0 atom stereocenters. The van der Waals surface area contributed by atoms with Crippen LogP contribution in [0.2, 0.25) is 0 Å². The quantitative estimate of drug-likeness (QED) is 0.927. The predicted octanol–water partition coefficient (Wildman–Crippen LogP) is 2.14. The van der Waals surface area contributed by atoms with Crippen molar-refractivity contribution in [1.29, 1.82) is 0 Å². The molecule has 8 heteroatoms. The lowest BCUT2D eigenvalue weighted by atomic mass is 9.98. The SMILES string of the molecule is O=S(=O)(c1ccc(CO)cc1)N1CCC(C(F)(F)F)CC1. The average Bonchev–Trinajstić information content (AvgIpc) is 2.46. The maximum atomic E-state index is 12.6. The lowest BCUT2D eigenvalue weighted by molar-refractivity contribution is -0.182. The van der Waals surface area contributed by atoms with Gasteiger partial charge >= 0.3 is 6.18 Å². The first kappa shape index (κ1) is 16.3. The summed E-state index contributed by atoms with van der Waals surface area (Å²) in [5, 5.41) is 8.92. The number of nitrogens with zero attached hydrogens (tertiary/aromatic N) is 1. The number of aliphatic hydroxyl groups is 1. The van der Waals surface area contributed by atoms with Crippen LogP contribution in [0.3, 0.4) is 0 Å². The molecule has 0 bridgehead atoms. The van der Waals surface area contributed by atoms with E-state index in [1.807, 2.05) is 0 Å². The van der Waals surface area contributed by atoms with Crippen LogP contribution in [0.4, 0.5) is 13.2 Å². The molecule has 1 aliphatic rings. The first-order chi connectivity index (χ1) is 9.75. The normalized spacial score (nSPS) is 18.9. The van der Waals surface area contributed by atoms with Crippen molar-refractivity contribution < 1.29 is 26.7 Å². The van der Waals surface area contributed by atoms with E-state index in [1.165, 1.54) is 24.3 Å². The van der Waals surface area contributed by atoms with Gasteiger partial charge in [-0.3, -0.25) is 0 Å². The molecule has 0 aromatic heterocycles. The van der Waals surface area contributed by atoms with Gasteiger partial charge in [-0.05, 0) is 30.5 Å². The number of alkyl halides is 3. The molecule has 1 aromatic carbocycles. The van der Waals surface area contributed by atoms with Crippen LogP contribution in [0.5, 0.6) is 0 Å². The Morgan fingerprint density at radius 1 is 1.14 bits per heavy atom. The second kappa shape index (κ2) is 5.94. The number of rotatable bonds is 3. The van der Waals surface area contributed by atoms with Crippen molar-refractivity contribution in [3.8, 4) is 0 Å². The van der Waals surface area contributed by atoms with E-state index in [1.54, 1.807) is 0 Å². The van der Waals surface area contributed by atoms with Crippen LogP contribution in [0, 0.1) is 5.92 Å². The van der Waals surface area contributed by atoms with Crippen LogP contribution in [0.25, 0.3) is 0 Å². The van der Waals surface area contributed by atoms with Crippen molar-refractivity contribution in [2.75, 3.05) is 13.1 Å². The Morgan fingerprint density at radius 3 is 2.10 bits per heavy atom. The maximum absolute atomic E-state index is 12.6. The first-order valence-electron chi connectivity index (χ1n) is 6.52. The smallest absolute Gasteiger partial charge is 0.391 e. The van der Waals surface area contributed by atoms with Crippen molar-refractivity contribution in [3.63, 3.8) is 0 Å². The van der Waals surface area contributed by atoms with E-state index in [4.69, 9.17) is 5.11 Å². The zero-order valence-corrected chi connectivity index (χ0v) is 12.0. The number of hydrogen-bond donors (Lipinski definition) is 1. The second-order valence-electron chi connectivity index (χ2n) is 5.02. The van der Waals surface area contributed by atoms with E-state index in [0.29, 0.717) is 5.56 Å². The Morgan fingerprint density at radius 2 is 1.67 bits per heavy atom. The van der Waals surface area contributed by atoms with Gasteiger partial charge in [0.1, 0.15) is 0 Å². The summed E-state index contributed by atoms with van der Waals surface area (Å²) < 4.78 is 63.5. The van der Waals surface area contributed by atoms with Gasteiger partial charge in [0, 0.05) is 13.1 Å². The van der Waals surface area contributed by atoms with Gasteiger partial charge in [-0.15, -0.1) is 0 Å².